The molecule has 7 nitrogen and oxygen atoms in total. The Kier molecular flexibility index (Phi) is 6.53. The average Bonchev–Trinajstić information content (AvgIpc) is 2.67. The molecule has 2 rings (SSSR count). The molecule has 1 aromatic heterocycles. The molecule has 0 saturated carbocycles. The third-order valence-corrected chi connectivity index (χ3v) is 3.78. The van der Waals surface area contributed by atoms with Gasteiger partial charge in [-0.15, -0.1) is 0 Å². The highest BCUT2D eigenvalue weighted by atomic mass is 16.5. The lowest BCUT2D eigenvalue weighted by Crippen LogP contribution is -2.32. The Morgan fingerprint density at radius 3 is 2.81 bits per heavy atom. The number of hydrogen-bond donors (Lipinski definition) is 1. The van der Waals surface area contributed by atoms with Crippen LogP contribution in [0.1, 0.15) is 28.4 Å². The van der Waals surface area contributed by atoms with Gasteiger partial charge in [0.15, 0.2) is 0 Å². The third kappa shape index (κ3) is 4.71. The summed E-state index contributed by atoms with van der Waals surface area (Å²) in [6.07, 6.45) is 1.12. The molecular formula is C19H20N2O5. The van der Waals surface area contributed by atoms with Crippen LogP contribution in [0.5, 0.6) is 5.75 Å². The van der Waals surface area contributed by atoms with Crippen LogP contribution in [-0.4, -0.2) is 35.5 Å². The molecule has 0 bridgehead atoms. The molecule has 7 heteroatoms. The van der Waals surface area contributed by atoms with Crippen LogP contribution in [0.3, 0.4) is 0 Å². The Balaban J connectivity index is 2.12. The van der Waals surface area contributed by atoms with Gasteiger partial charge in [-0.2, -0.15) is 5.26 Å². The molecule has 1 unspecified atom stereocenters. The zero-order chi connectivity index (χ0) is 19.1. The average molecular weight is 356 g/mol. The van der Waals surface area contributed by atoms with E-state index in [-0.39, 0.29) is 24.3 Å². The van der Waals surface area contributed by atoms with Crippen molar-refractivity contribution >= 4 is 5.97 Å². The molecule has 0 fully saturated rings. The van der Waals surface area contributed by atoms with Crippen molar-refractivity contribution in [2.75, 3.05) is 13.7 Å². The van der Waals surface area contributed by atoms with E-state index in [9.17, 15) is 14.7 Å². The number of ether oxygens (including phenoxy) is 2. The van der Waals surface area contributed by atoms with E-state index in [1.165, 1.54) is 19.4 Å². The molecule has 0 saturated heterocycles. The fourth-order valence-corrected chi connectivity index (χ4v) is 2.41. The van der Waals surface area contributed by atoms with Gasteiger partial charge < -0.3 is 19.1 Å². The SMILES string of the molecule is CCc1cccc(OCC(O)Cn2cc(C(=O)OC)cc(C#N)c2=O)c1. The van der Waals surface area contributed by atoms with Gasteiger partial charge in [0, 0.05) is 6.20 Å². The van der Waals surface area contributed by atoms with Crippen LogP contribution < -0.4 is 10.3 Å². The van der Waals surface area contributed by atoms with Crippen molar-refractivity contribution in [1.29, 1.82) is 5.26 Å². The summed E-state index contributed by atoms with van der Waals surface area (Å²) in [4.78, 5) is 23.9. The van der Waals surface area contributed by atoms with Crippen molar-refractivity contribution in [3.05, 3.63) is 63.6 Å². The Hall–Kier alpha value is -3.11. The van der Waals surface area contributed by atoms with Gasteiger partial charge in [0.1, 0.15) is 30.1 Å². The fourth-order valence-electron chi connectivity index (χ4n) is 2.41. The van der Waals surface area contributed by atoms with Crippen LogP contribution in [0.2, 0.25) is 0 Å². The van der Waals surface area contributed by atoms with Gasteiger partial charge in [-0.3, -0.25) is 4.79 Å². The van der Waals surface area contributed by atoms with E-state index in [0.717, 1.165) is 16.6 Å². The highest BCUT2D eigenvalue weighted by Gasteiger charge is 2.15. The number of carbonyl (C=O) groups excluding carboxylic acids is 1. The van der Waals surface area contributed by atoms with Crippen molar-refractivity contribution in [3.63, 3.8) is 0 Å². The Morgan fingerprint density at radius 2 is 2.15 bits per heavy atom. The summed E-state index contributed by atoms with van der Waals surface area (Å²) in [6, 6.07) is 10.4. The number of hydrogen-bond acceptors (Lipinski definition) is 6. The molecule has 2 aromatic rings. The van der Waals surface area contributed by atoms with Crippen LogP contribution in [0.15, 0.2) is 41.3 Å². The maximum atomic E-state index is 12.2. The number of pyridine rings is 1. The van der Waals surface area contributed by atoms with Crippen LogP contribution in [0.25, 0.3) is 0 Å². The quantitative estimate of drug-likeness (QED) is 0.755. The molecule has 26 heavy (non-hydrogen) atoms. The number of aliphatic hydroxyl groups is 1. The third-order valence-electron chi connectivity index (χ3n) is 3.78. The van der Waals surface area contributed by atoms with Crippen molar-refractivity contribution in [1.82, 2.24) is 4.57 Å². The van der Waals surface area contributed by atoms with Gasteiger partial charge in [-0.25, -0.2) is 4.79 Å². The number of aromatic nitrogens is 1. The van der Waals surface area contributed by atoms with E-state index in [1.54, 1.807) is 12.1 Å². The Labute approximate surface area is 151 Å². The largest absolute Gasteiger partial charge is 0.491 e. The first-order valence-electron chi connectivity index (χ1n) is 8.11. The molecule has 0 spiro atoms. The number of nitriles is 1. The van der Waals surface area contributed by atoms with Crippen molar-refractivity contribution in [2.24, 2.45) is 0 Å². The number of carbonyl (C=O) groups is 1. The van der Waals surface area contributed by atoms with E-state index in [0.29, 0.717) is 5.75 Å². The minimum Gasteiger partial charge on any atom is -0.491 e. The molecule has 136 valence electrons. The van der Waals surface area contributed by atoms with Crippen LogP contribution in [-0.2, 0) is 17.7 Å². The zero-order valence-electron chi connectivity index (χ0n) is 14.6. The fraction of sp³-hybridized carbons (Fsp3) is 0.316. The molecule has 0 aliphatic heterocycles. The van der Waals surface area contributed by atoms with Crippen LogP contribution >= 0.6 is 0 Å². The predicted octanol–water partition coefficient (Wildman–Crippen LogP) is 1.51. The number of methoxy groups -OCH3 is 1. The van der Waals surface area contributed by atoms with Crippen molar-refractivity contribution in [2.45, 2.75) is 26.0 Å². The summed E-state index contributed by atoms with van der Waals surface area (Å²) in [6.45, 7) is 1.87. The summed E-state index contributed by atoms with van der Waals surface area (Å²) in [7, 11) is 1.21. The van der Waals surface area contributed by atoms with Crippen LogP contribution in [0, 0.1) is 11.3 Å². The van der Waals surface area contributed by atoms with Crippen molar-refractivity contribution in [3.8, 4) is 11.8 Å². The molecule has 0 aliphatic rings. The summed E-state index contributed by atoms with van der Waals surface area (Å²) in [5.41, 5.74) is 0.383. The summed E-state index contributed by atoms with van der Waals surface area (Å²) in [5.74, 6) is -0.0471. The topological polar surface area (TPSA) is 102 Å². The number of aliphatic hydroxyl groups excluding tert-OH is 1. The number of nitrogens with zero attached hydrogens (tertiary/aromatic N) is 2. The van der Waals surface area contributed by atoms with Gasteiger partial charge in [0.25, 0.3) is 5.56 Å². The molecular weight excluding hydrogens is 336 g/mol. The molecule has 1 heterocycles. The van der Waals surface area contributed by atoms with Crippen LogP contribution in [0.4, 0.5) is 0 Å². The molecule has 0 aliphatic carbocycles. The van der Waals surface area contributed by atoms with Gasteiger partial charge in [0.2, 0.25) is 0 Å². The summed E-state index contributed by atoms with van der Waals surface area (Å²) < 4.78 is 11.3. The van der Waals surface area contributed by atoms with E-state index in [2.05, 4.69) is 4.74 Å². The second kappa shape index (κ2) is 8.83. The summed E-state index contributed by atoms with van der Waals surface area (Å²) in [5, 5.41) is 19.2. The molecule has 1 aromatic carbocycles. The second-order valence-electron chi connectivity index (χ2n) is 5.67. The first kappa shape index (κ1) is 19.2. The molecule has 1 atom stereocenters. The van der Waals surface area contributed by atoms with E-state index >= 15 is 0 Å². The zero-order valence-corrected chi connectivity index (χ0v) is 14.6. The lowest BCUT2D eigenvalue weighted by molar-refractivity contribution is 0.0597. The maximum Gasteiger partial charge on any atom is 0.339 e. The highest BCUT2D eigenvalue weighted by molar-refractivity contribution is 5.89. The number of aryl methyl sites for hydroxylation is 1. The second-order valence-corrected chi connectivity index (χ2v) is 5.67. The Bertz CT molecular complexity index is 882. The van der Waals surface area contributed by atoms with E-state index in [1.807, 2.05) is 25.1 Å². The number of benzene rings is 1. The molecule has 0 radical (unpaired) electrons. The molecule has 0 amide bonds. The molecule has 1 N–H and O–H groups in total. The predicted molar refractivity (Wildman–Crippen MR) is 94.1 cm³/mol. The number of rotatable bonds is 7. The first-order chi connectivity index (χ1) is 12.5. The maximum absolute atomic E-state index is 12.2. The van der Waals surface area contributed by atoms with E-state index in [4.69, 9.17) is 10.00 Å². The monoisotopic (exact) mass is 356 g/mol. The first-order valence-corrected chi connectivity index (χ1v) is 8.11. The lowest BCUT2D eigenvalue weighted by atomic mass is 10.2. The standard InChI is InChI=1S/C19H20N2O5/c1-3-13-5-4-6-17(7-13)26-12-16(22)11-21-10-15(19(24)25-2)8-14(9-20)18(21)23/h4-8,10,16,22H,3,11-12H2,1-2H3. The summed E-state index contributed by atoms with van der Waals surface area (Å²) >= 11 is 0. The highest BCUT2D eigenvalue weighted by Crippen LogP contribution is 2.14. The van der Waals surface area contributed by atoms with Gasteiger partial charge >= 0.3 is 5.97 Å². The van der Waals surface area contributed by atoms with Gasteiger partial charge in [-0.1, -0.05) is 19.1 Å². The minimum atomic E-state index is -1.00. The number of esters is 1. The van der Waals surface area contributed by atoms with Crippen molar-refractivity contribution < 1.29 is 19.4 Å². The lowest BCUT2D eigenvalue weighted by Gasteiger charge is -2.15. The Morgan fingerprint density at radius 1 is 1.38 bits per heavy atom. The normalized spacial score (nSPS) is 11.5. The van der Waals surface area contributed by atoms with E-state index < -0.39 is 17.6 Å². The smallest absolute Gasteiger partial charge is 0.339 e. The van der Waals surface area contributed by atoms with Gasteiger partial charge in [0.05, 0.1) is 19.2 Å². The van der Waals surface area contributed by atoms with Gasteiger partial charge in [-0.05, 0) is 30.2 Å². The minimum absolute atomic E-state index is 0.0378.